The Kier molecular flexibility index (Phi) is 3.53. The molecule has 2 atom stereocenters. The number of nitrogens with one attached hydrogen (secondary N) is 1. The number of rotatable bonds is 4. The maximum Gasteiger partial charge on any atom is 0.130 e. The van der Waals surface area contributed by atoms with Gasteiger partial charge in [0.05, 0.1) is 0 Å². The van der Waals surface area contributed by atoms with Crippen molar-refractivity contribution in [2.75, 3.05) is 6.54 Å². The van der Waals surface area contributed by atoms with Gasteiger partial charge in [-0.3, -0.25) is 0 Å². The fourth-order valence-electron chi connectivity index (χ4n) is 3.04. The van der Waals surface area contributed by atoms with Gasteiger partial charge in [-0.2, -0.15) is 0 Å². The molecule has 0 saturated carbocycles. The molecular formula is C17H17F2N. The quantitative estimate of drug-likeness (QED) is 0.889. The van der Waals surface area contributed by atoms with Crippen molar-refractivity contribution in [2.24, 2.45) is 0 Å². The van der Waals surface area contributed by atoms with Crippen LogP contribution in [0.25, 0.3) is 0 Å². The molecule has 1 aliphatic rings. The third-order valence-electron chi connectivity index (χ3n) is 4.02. The minimum absolute atomic E-state index is 0.101. The van der Waals surface area contributed by atoms with Gasteiger partial charge < -0.3 is 5.32 Å². The SMILES string of the molecule is CCNC(c1ccc(F)cc1F)C1Cc2ccccc21. The number of hydrogen-bond acceptors (Lipinski definition) is 1. The van der Waals surface area contributed by atoms with E-state index >= 15 is 0 Å². The van der Waals surface area contributed by atoms with Gasteiger partial charge in [-0.25, -0.2) is 8.78 Å². The average Bonchev–Trinajstić information content (AvgIpc) is 2.39. The van der Waals surface area contributed by atoms with Crippen LogP contribution >= 0.6 is 0 Å². The normalized spacial score (nSPS) is 18.2. The molecule has 1 N–H and O–H groups in total. The van der Waals surface area contributed by atoms with E-state index in [1.54, 1.807) is 6.07 Å². The fourth-order valence-corrected chi connectivity index (χ4v) is 3.04. The predicted molar refractivity (Wildman–Crippen MR) is 75.7 cm³/mol. The van der Waals surface area contributed by atoms with Crippen molar-refractivity contribution in [3.05, 3.63) is 70.8 Å². The van der Waals surface area contributed by atoms with E-state index in [1.807, 2.05) is 19.1 Å². The lowest BCUT2D eigenvalue weighted by atomic mass is 9.71. The second-order valence-electron chi connectivity index (χ2n) is 5.21. The molecule has 0 bridgehead atoms. The van der Waals surface area contributed by atoms with Crippen LogP contribution in [0, 0.1) is 11.6 Å². The van der Waals surface area contributed by atoms with E-state index < -0.39 is 11.6 Å². The van der Waals surface area contributed by atoms with Crippen LogP contribution in [0.3, 0.4) is 0 Å². The van der Waals surface area contributed by atoms with Crippen molar-refractivity contribution in [1.29, 1.82) is 0 Å². The smallest absolute Gasteiger partial charge is 0.130 e. The van der Waals surface area contributed by atoms with Crippen LogP contribution in [0.15, 0.2) is 42.5 Å². The third-order valence-corrected chi connectivity index (χ3v) is 4.02. The van der Waals surface area contributed by atoms with Crippen LogP contribution in [0.4, 0.5) is 8.78 Å². The Hall–Kier alpha value is -1.74. The summed E-state index contributed by atoms with van der Waals surface area (Å²) in [7, 11) is 0. The molecule has 0 fully saturated rings. The summed E-state index contributed by atoms with van der Waals surface area (Å²) >= 11 is 0. The minimum Gasteiger partial charge on any atom is -0.310 e. The van der Waals surface area contributed by atoms with E-state index in [4.69, 9.17) is 0 Å². The molecule has 1 nitrogen and oxygen atoms in total. The molecule has 2 aromatic carbocycles. The zero-order chi connectivity index (χ0) is 14.1. The lowest BCUT2D eigenvalue weighted by Crippen LogP contribution is -2.33. The summed E-state index contributed by atoms with van der Waals surface area (Å²) < 4.78 is 27.1. The summed E-state index contributed by atoms with van der Waals surface area (Å²) in [4.78, 5) is 0. The second-order valence-corrected chi connectivity index (χ2v) is 5.21. The zero-order valence-corrected chi connectivity index (χ0v) is 11.4. The van der Waals surface area contributed by atoms with Gasteiger partial charge in [-0.05, 0) is 30.2 Å². The predicted octanol–water partition coefficient (Wildman–Crippen LogP) is 3.96. The molecule has 0 aromatic heterocycles. The van der Waals surface area contributed by atoms with Crippen molar-refractivity contribution in [2.45, 2.75) is 25.3 Å². The van der Waals surface area contributed by atoms with Crippen molar-refractivity contribution in [1.82, 2.24) is 5.32 Å². The van der Waals surface area contributed by atoms with E-state index in [9.17, 15) is 8.78 Å². The highest BCUT2D eigenvalue weighted by Crippen LogP contribution is 2.43. The number of likely N-dealkylation sites (N-methyl/N-ethyl adjacent to an activating group) is 1. The highest BCUT2D eigenvalue weighted by Gasteiger charge is 2.34. The second kappa shape index (κ2) is 5.33. The molecule has 1 aliphatic carbocycles. The molecule has 0 radical (unpaired) electrons. The first-order chi connectivity index (χ1) is 9.70. The number of benzene rings is 2. The Labute approximate surface area is 117 Å². The van der Waals surface area contributed by atoms with E-state index in [1.165, 1.54) is 17.2 Å². The first-order valence-corrected chi connectivity index (χ1v) is 6.97. The van der Waals surface area contributed by atoms with E-state index in [0.717, 1.165) is 19.0 Å². The third kappa shape index (κ3) is 2.22. The molecule has 0 spiro atoms. The maximum absolute atomic E-state index is 14.0. The molecule has 0 saturated heterocycles. The minimum atomic E-state index is -0.532. The molecular weight excluding hydrogens is 256 g/mol. The number of fused-ring (bicyclic) bond motifs is 1. The molecule has 20 heavy (non-hydrogen) atoms. The van der Waals surface area contributed by atoms with Crippen LogP contribution in [0.2, 0.25) is 0 Å². The van der Waals surface area contributed by atoms with Gasteiger partial charge in [0.2, 0.25) is 0 Å². The monoisotopic (exact) mass is 273 g/mol. The lowest BCUT2D eigenvalue weighted by molar-refractivity contribution is 0.403. The van der Waals surface area contributed by atoms with Crippen molar-refractivity contribution < 1.29 is 8.78 Å². The summed E-state index contributed by atoms with van der Waals surface area (Å²) in [6.07, 6.45) is 0.935. The highest BCUT2D eigenvalue weighted by atomic mass is 19.1. The molecule has 3 heteroatoms. The maximum atomic E-state index is 14.0. The standard InChI is InChI=1S/C17H17F2N/c1-2-20-17(14-8-7-12(18)10-16(14)19)15-9-11-5-3-4-6-13(11)15/h3-8,10,15,17,20H,2,9H2,1H3. The molecule has 2 unspecified atom stereocenters. The summed E-state index contributed by atoms with van der Waals surface area (Å²) in [6.45, 7) is 2.75. The van der Waals surface area contributed by atoms with Gasteiger partial charge >= 0.3 is 0 Å². The van der Waals surface area contributed by atoms with Gasteiger partial charge in [-0.15, -0.1) is 0 Å². The number of halogens is 2. The topological polar surface area (TPSA) is 12.0 Å². The Bertz CT molecular complexity index is 624. The van der Waals surface area contributed by atoms with Crippen LogP contribution in [0.1, 0.15) is 35.6 Å². The first kappa shape index (κ1) is 13.3. The highest BCUT2D eigenvalue weighted by molar-refractivity contribution is 5.43. The first-order valence-electron chi connectivity index (χ1n) is 6.97. The summed E-state index contributed by atoms with van der Waals surface area (Å²) in [5.41, 5.74) is 3.14. The molecule has 0 amide bonds. The summed E-state index contributed by atoms with van der Waals surface area (Å²) in [5.74, 6) is -0.748. The molecule has 3 rings (SSSR count). The van der Waals surface area contributed by atoms with E-state index in [0.29, 0.717) is 5.56 Å². The van der Waals surface area contributed by atoms with Crippen molar-refractivity contribution >= 4 is 0 Å². The van der Waals surface area contributed by atoms with Gasteiger partial charge in [0.15, 0.2) is 0 Å². The Balaban J connectivity index is 1.95. The summed E-state index contributed by atoms with van der Waals surface area (Å²) in [6, 6.07) is 12.0. The molecule has 0 heterocycles. The Morgan fingerprint density at radius 1 is 1.20 bits per heavy atom. The fraction of sp³-hybridized carbons (Fsp3) is 0.294. The van der Waals surface area contributed by atoms with Gasteiger partial charge in [-0.1, -0.05) is 37.3 Å². The van der Waals surface area contributed by atoms with Gasteiger partial charge in [0, 0.05) is 23.6 Å². The number of hydrogen-bond donors (Lipinski definition) is 1. The van der Waals surface area contributed by atoms with Crippen LogP contribution in [-0.2, 0) is 6.42 Å². The summed E-state index contributed by atoms with van der Waals surface area (Å²) in [5, 5.41) is 3.34. The van der Waals surface area contributed by atoms with Crippen molar-refractivity contribution in [3.63, 3.8) is 0 Å². The van der Waals surface area contributed by atoms with E-state index in [-0.39, 0.29) is 12.0 Å². The van der Waals surface area contributed by atoms with Crippen molar-refractivity contribution in [3.8, 4) is 0 Å². The van der Waals surface area contributed by atoms with Crippen LogP contribution < -0.4 is 5.32 Å². The lowest BCUT2D eigenvalue weighted by Gasteiger charge is -2.37. The molecule has 0 aliphatic heterocycles. The largest absolute Gasteiger partial charge is 0.310 e. The molecule has 2 aromatic rings. The van der Waals surface area contributed by atoms with Crippen LogP contribution in [0.5, 0.6) is 0 Å². The Morgan fingerprint density at radius 2 is 2.00 bits per heavy atom. The van der Waals surface area contributed by atoms with Gasteiger partial charge in [0.1, 0.15) is 11.6 Å². The van der Waals surface area contributed by atoms with E-state index in [2.05, 4.69) is 17.4 Å². The average molecular weight is 273 g/mol. The molecule has 104 valence electrons. The van der Waals surface area contributed by atoms with Crippen LogP contribution in [-0.4, -0.2) is 6.54 Å². The zero-order valence-electron chi connectivity index (χ0n) is 11.4. The Morgan fingerprint density at radius 3 is 2.70 bits per heavy atom. The van der Waals surface area contributed by atoms with Gasteiger partial charge in [0.25, 0.3) is 0 Å².